The summed E-state index contributed by atoms with van der Waals surface area (Å²) in [5, 5.41) is 4.12. The van der Waals surface area contributed by atoms with Gasteiger partial charge in [0.1, 0.15) is 0 Å². The van der Waals surface area contributed by atoms with Crippen LogP contribution in [0.4, 0.5) is 0 Å². The molecule has 90 valence electrons. The van der Waals surface area contributed by atoms with E-state index >= 15 is 0 Å². The van der Waals surface area contributed by atoms with E-state index in [1.807, 2.05) is 19.1 Å². The smallest absolute Gasteiger partial charge is 0.243 e. The number of carbonyl (C=O) groups is 1. The van der Waals surface area contributed by atoms with Crippen molar-refractivity contribution in [1.82, 2.24) is 10.4 Å². The van der Waals surface area contributed by atoms with Gasteiger partial charge in [0.25, 0.3) is 0 Å². The van der Waals surface area contributed by atoms with Crippen LogP contribution in [0.15, 0.2) is 28.3 Å². The number of hydrogen-bond acceptors (Lipinski definition) is 4. The topological polar surface area (TPSA) is 54.4 Å². The second kappa shape index (κ2) is 5.31. The van der Waals surface area contributed by atoms with Crippen LogP contribution in [0.3, 0.4) is 0 Å². The first-order valence-electron chi connectivity index (χ1n) is 5.67. The number of nitrogens with zero attached hydrogens (tertiary/aromatic N) is 2. The Morgan fingerprint density at radius 1 is 1.59 bits per heavy atom. The molecule has 1 aliphatic heterocycles. The Morgan fingerprint density at radius 3 is 3.12 bits per heavy atom. The lowest BCUT2D eigenvalue weighted by Gasteiger charge is -2.18. The van der Waals surface area contributed by atoms with Crippen LogP contribution in [0.1, 0.15) is 26.0 Å². The molecule has 1 unspecified atom stereocenters. The summed E-state index contributed by atoms with van der Waals surface area (Å²) in [4.78, 5) is 16.8. The molecule has 5 heteroatoms. The van der Waals surface area contributed by atoms with Gasteiger partial charge in [-0.2, -0.15) is 5.10 Å². The van der Waals surface area contributed by atoms with Gasteiger partial charge in [-0.25, -0.2) is 5.43 Å². The lowest BCUT2D eigenvalue weighted by Crippen LogP contribution is -2.33. The molecule has 0 bridgehead atoms. The zero-order valence-electron chi connectivity index (χ0n) is 9.93. The first kappa shape index (κ1) is 12.1. The van der Waals surface area contributed by atoms with Crippen molar-refractivity contribution in [2.24, 2.45) is 11.0 Å². The van der Waals surface area contributed by atoms with E-state index in [-0.39, 0.29) is 11.8 Å². The van der Waals surface area contributed by atoms with Crippen LogP contribution >= 0.6 is 11.8 Å². The molecular weight excluding hydrogens is 234 g/mol. The summed E-state index contributed by atoms with van der Waals surface area (Å²) in [6.45, 7) is 4.01. The van der Waals surface area contributed by atoms with Crippen LogP contribution < -0.4 is 5.43 Å². The zero-order valence-corrected chi connectivity index (χ0v) is 10.8. The Hall–Kier alpha value is -1.36. The van der Waals surface area contributed by atoms with Gasteiger partial charge in [0, 0.05) is 23.4 Å². The minimum absolute atomic E-state index is 0.0191. The summed E-state index contributed by atoms with van der Waals surface area (Å²) >= 11 is 1.74. The lowest BCUT2D eigenvalue weighted by atomic mass is 10.00. The van der Waals surface area contributed by atoms with Gasteiger partial charge < -0.3 is 0 Å². The van der Waals surface area contributed by atoms with E-state index in [1.165, 1.54) is 0 Å². The van der Waals surface area contributed by atoms with Crippen molar-refractivity contribution in [3.8, 4) is 0 Å². The summed E-state index contributed by atoms with van der Waals surface area (Å²) in [7, 11) is 0. The van der Waals surface area contributed by atoms with Crippen LogP contribution in [0.25, 0.3) is 0 Å². The highest BCUT2D eigenvalue weighted by atomic mass is 32.2. The normalized spacial score (nSPS) is 19.8. The summed E-state index contributed by atoms with van der Waals surface area (Å²) in [6, 6.07) is 3.97. The molecule has 1 aromatic heterocycles. The molecule has 1 aliphatic rings. The van der Waals surface area contributed by atoms with Crippen molar-refractivity contribution in [2.75, 3.05) is 5.75 Å². The average Bonchev–Trinajstić information content (AvgIpc) is 2.34. The number of hydrogen-bond donors (Lipinski definition) is 1. The van der Waals surface area contributed by atoms with Gasteiger partial charge in [-0.3, -0.25) is 9.78 Å². The van der Waals surface area contributed by atoms with Crippen LogP contribution in [-0.4, -0.2) is 22.4 Å². The molecule has 4 nitrogen and oxygen atoms in total. The Labute approximate surface area is 105 Å². The minimum Gasteiger partial charge on any atom is -0.273 e. The number of nitrogens with one attached hydrogen (secondary N) is 1. The molecule has 0 fully saturated rings. The summed E-state index contributed by atoms with van der Waals surface area (Å²) in [6.07, 6.45) is 2.42. The fourth-order valence-electron chi connectivity index (χ4n) is 1.69. The molecule has 17 heavy (non-hydrogen) atoms. The Morgan fingerprint density at radius 2 is 2.41 bits per heavy atom. The van der Waals surface area contributed by atoms with Crippen molar-refractivity contribution in [3.63, 3.8) is 0 Å². The van der Waals surface area contributed by atoms with Gasteiger partial charge in [-0.15, -0.1) is 11.8 Å². The molecule has 1 amide bonds. The van der Waals surface area contributed by atoms with Gasteiger partial charge in [-0.1, -0.05) is 13.8 Å². The van der Waals surface area contributed by atoms with Crippen LogP contribution in [0, 0.1) is 5.92 Å². The summed E-state index contributed by atoms with van der Waals surface area (Å²) in [5.41, 5.74) is 4.31. The molecule has 1 atom stereocenters. The summed E-state index contributed by atoms with van der Waals surface area (Å²) in [5.74, 6) is 0.937. The van der Waals surface area contributed by atoms with E-state index in [4.69, 9.17) is 0 Å². The number of carbonyl (C=O) groups excluding carboxylic acids is 1. The minimum atomic E-state index is -0.0380. The summed E-state index contributed by atoms with van der Waals surface area (Å²) < 4.78 is 0. The molecule has 0 spiro atoms. The van der Waals surface area contributed by atoms with Crippen LogP contribution in [-0.2, 0) is 4.79 Å². The Kier molecular flexibility index (Phi) is 3.78. The van der Waals surface area contributed by atoms with Crippen LogP contribution in [0.5, 0.6) is 0 Å². The highest BCUT2D eigenvalue weighted by Gasteiger charge is 2.23. The predicted octanol–water partition coefficient (Wildman–Crippen LogP) is 2.05. The second-order valence-electron chi connectivity index (χ2n) is 3.92. The maximum Gasteiger partial charge on any atom is 0.243 e. The van der Waals surface area contributed by atoms with Gasteiger partial charge in [0.2, 0.25) is 5.91 Å². The number of thioether (sulfide) groups is 1. The number of amides is 1. The molecule has 0 saturated carbocycles. The largest absolute Gasteiger partial charge is 0.273 e. The van der Waals surface area contributed by atoms with Gasteiger partial charge in [-0.05, 0) is 17.9 Å². The number of rotatable bonds is 3. The molecule has 0 radical (unpaired) electrons. The van der Waals surface area contributed by atoms with Crippen molar-refractivity contribution in [3.05, 3.63) is 24.0 Å². The van der Waals surface area contributed by atoms with Crippen molar-refractivity contribution in [1.29, 1.82) is 0 Å². The molecule has 0 aromatic carbocycles. The van der Waals surface area contributed by atoms with Gasteiger partial charge in [0.15, 0.2) is 0 Å². The fourth-order valence-corrected chi connectivity index (χ4v) is 2.48. The lowest BCUT2D eigenvalue weighted by molar-refractivity contribution is -0.124. The van der Waals surface area contributed by atoms with E-state index in [9.17, 15) is 4.79 Å². The predicted molar refractivity (Wildman–Crippen MR) is 69.1 cm³/mol. The highest BCUT2D eigenvalue weighted by Crippen LogP contribution is 2.24. The maximum absolute atomic E-state index is 11.3. The van der Waals surface area contributed by atoms with E-state index in [1.54, 1.807) is 18.0 Å². The Balaban J connectivity index is 2.31. The van der Waals surface area contributed by atoms with Crippen molar-refractivity contribution < 1.29 is 4.79 Å². The van der Waals surface area contributed by atoms with Gasteiger partial charge >= 0.3 is 0 Å². The van der Waals surface area contributed by atoms with E-state index < -0.39 is 0 Å². The Bertz CT molecular complexity index is 459. The third kappa shape index (κ3) is 2.66. The number of pyridine rings is 1. The number of hydrazone groups is 1. The fraction of sp³-hybridized carbons (Fsp3) is 0.417. The number of aromatic nitrogens is 1. The standard InChI is InChI=1S/C12H15N3OS/c1-3-17-10-5-4-6-13-11(10)9-7-8(2)12(16)15-14-9/h4-6,8H,3,7H2,1-2H3,(H,15,16). The van der Waals surface area contributed by atoms with E-state index in [0.717, 1.165) is 22.1 Å². The maximum atomic E-state index is 11.3. The third-order valence-corrected chi connectivity index (χ3v) is 3.52. The molecule has 1 N–H and O–H groups in total. The molecule has 0 aliphatic carbocycles. The first-order valence-corrected chi connectivity index (χ1v) is 6.65. The molecular formula is C12H15N3OS. The monoisotopic (exact) mass is 249 g/mol. The highest BCUT2D eigenvalue weighted by molar-refractivity contribution is 7.99. The first-order chi connectivity index (χ1) is 8.22. The van der Waals surface area contributed by atoms with Crippen molar-refractivity contribution >= 4 is 23.4 Å². The van der Waals surface area contributed by atoms with Crippen LogP contribution in [0.2, 0.25) is 0 Å². The molecule has 2 heterocycles. The average molecular weight is 249 g/mol. The molecule has 2 rings (SSSR count). The van der Waals surface area contributed by atoms with Gasteiger partial charge in [0.05, 0.1) is 11.4 Å². The van der Waals surface area contributed by atoms with E-state index in [2.05, 4.69) is 22.4 Å². The third-order valence-electron chi connectivity index (χ3n) is 2.59. The second-order valence-corrected chi connectivity index (χ2v) is 5.23. The quantitative estimate of drug-likeness (QED) is 0.834. The molecule has 1 aromatic rings. The van der Waals surface area contributed by atoms with E-state index in [0.29, 0.717) is 6.42 Å². The molecule has 0 saturated heterocycles. The van der Waals surface area contributed by atoms with Crippen molar-refractivity contribution in [2.45, 2.75) is 25.2 Å². The SMILES string of the molecule is CCSc1cccnc1C1=NNC(=O)C(C)C1. The zero-order chi connectivity index (χ0) is 12.3.